The molecule has 98 valence electrons. The number of nitrogens with zero attached hydrogens (tertiary/aromatic N) is 1. The molecule has 0 spiro atoms. The van der Waals surface area contributed by atoms with Gasteiger partial charge in [-0.3, -0.25) is 9.59 Å². The van der Waals surface area contributed by atoms with Crippen molar-refractivity contribution >= 4 is 11.9 Å². The summed E-state index contributed by atoms with van der Waals surface area (Å²) in [7, 11) is 0. The predicted molar refractivity (Wildman–Crippen MR) is 64.7 cm³/mol. The van der Waals surface area contributed by atoms with Gasteiger partial charge in [0.1, 0.15) is 6.54 Å². The van der Waals surface area contributed by atoms with Gasteiger partial charge in [-0.1, -0.05) is 6.08 Å². The van der Waals surface area contributed by atoms with Gasteiger partial charge in [-0.25, -0.2) is 0 Å². The van der Waals surface area contributed by atoms with Gasteiger partial charge in [-0.05, 0) is 20.3 Å². The molecule has 5 heteroatoms. The number of carbonyl (C=O) groups is 2. The normalized spacial score (nSPS) is 10.3. The third-order valence-corrected chi connectivity index (χ3v) is 2.16. The highest BCUT2D eigenvalue weighted by Crippen LogP contribution is 2.04. The number of carboxylic acid groups (broad SMARTS) is 1. The van der Waals surface area contributed by atoms with Crippen LogP contribution in [0.2, 0.25) is 0 Å². The van der Waals surface area contributed by atoms with Crippen LogP contribution in [0.15, 0.2) is 12.7 Å². The molecule has 0 aliphatic heterocycles. The molecular weight excluding hydrogens is 222 g/mol. The van der Waals surface area contributed by atoms with E-state index in [2.05, 4.69) is 6.58 Å². The van der Waals surface area contributed by atoms with Gasteiger partial charge in [0.05, 0.1) is 6.61 Å². The van der Waals surface area contributed by atoms with Crippen LogP contribution in [0.5, 0.6) is 0 Å². The van der Waals surface area contributed by atoms with E-state index in [4.69, 9.17) is 9.84 Å². The zero-order valence-electron chi connectivity index (χ0n) is 10.5. The smallest absolute Gasteiger partial charge is 0.323 e. The van der Waals surface area contributed by atoms with Crippen LogP contribution >= 0.6 is 0 Å². The molecule has 0 radical (unpaired) electrons. The highest BCUT2D eigenvalue weighted by atomic mass is 16.5. The fourth-order valence-corrected chi connectivity index (χ4v) is 1.34. The second kappa shape index (κ2) is 8.75. The minimum atomic E-state index is -0.991. The average molecular weight is 243 g/mol. The molecule has 0 aromatic heterocycles. The van der Waals surface area contributed by atoms with Crippen molar-refractivity contribution in [1.29, 1.82) is 0 Å². The lowest BCUT2D eigenvalue weighted by molar-refractivity contribution is -0.145. The van der Waals surface area contributed by atoms with Gasteiger partial charge in [0.2, 0.25) is 5.91 Å². The van der Waals surface area contributed by atoms with Gasteiger partial charge >= 0.3 is 5.97 Å². The molecule has 0 aliphatic rings. The van der Waals surface area contributed by atoms with Crippen molar-refractivity contribution in [2.75, 3.05) is 19.8 Å². The minimum absolute atomic E-state index is 0.104. The number of carbonyl (C=O) groups excluding carboxylic acids is 1. The predicted octanol–water partition coefficient (Wildman–Crippen LogP) is 1.29. The number of ether oxygens (including phenoxy) is 1. The standard InChI is InChI=1S/C12H21NO4/c1-4-7-17-8-5-6-11(14)13(10(2)3)9-12(15)16/h4,10H,1,5-9H2,2-3H3,(H,15,16). The summed E-state index contributed by atoms with van der Waals surface area (Å²) in [5.41, 5.74) is 0. The largest absolute Gasteiger partial charge is 0.480 e. The van der Waals surface area contributed by atoms with Crippen LogP contribution in [0, 0.1) is 0 Å². The van der Waals surface area contributed by atoms with Crippen LogP contribution in [-0.4, -0.2) is 47.7 Å². The number of hydrogen-bond acceptors (Lipinski definition) is 3. The molecule has 0 bridgehead atoms. The van der Waals surface area contributed by atoms with E-state index in [1.165, 1.54) is 4.90 Å². The van der Waals surface area contributed by atoms with Crippen molar-refractivity contribution < 1.29 is 19.4 Å². The SMILES string of the molecule is C=CCOCCCC(=O)N(CC(=O)O)C(C)C. The molecule has 0 aliphatic carbocycles. The van der Waals surface area contributed by atoms with Crippen LogP contribution in [0.4, 0.5) is 0 Å². The molecule has 0 heterocycles. The Balaban J connectivity index is 3.97. The maximum Gasteiger partial charge on any atom is 0.323 e. The lowest BCUT2D eigenvalue weighted by Gasteiger charge is -2.24. The maximum atomic E-state index is 11.7. The highest BCUT2D eigenvalue weighted by Gasteiger charge is 2.18. The fraction of sp³-hybridized carbons (Fsp3) is 0.667. The summed E-state index contributed by atoms with van der Waals surface area (Å²) in [4.78, 5) is 23.7. The third kappa shape index (κ3) is 7.52. The number of hydrogen-bond donors (Lipinski definition) is 1. The Bertz CT molecular complexity index is 263. The third-order valence-electron chi connectivity index (χ3n) is 2.16. The Labute approximate surface area is 102 Å². The van der Waals surface area contributed by atoms with E-state index in [0.29, 0.717) is 26.1 Å². The van der Waals surface area contributed by atoms with Crippen molar-refractivity contribution in [3.05, 3.63) is 12.7 Å². The highest BCUT2D eigenvalue weighted by molar-refractivity contribution is 5.81. The molecule has 0 unspecified atom stereocenters. The zero-order chi connectivity index (χ0) is 13.3. The summed E-state index contributed by atoms with van der Waals surface area (Å²) in [5, 5.41) is 8.69. The maximum absolute atomic E-state index is 11.7. The molecule has 0 fully saturated rings. The van der Waals surface area contributed by atoms with Crippen LogP contribution in [0.1, 0.15) is 26.7 Å². The lowest BCUT2D eigenvalue weighted by Crippen LogP contribution is -2.40. The lowest BCUT2D eigenvalue weighted by atomic mass is 10.2. The first kappa shape index (κ1) is 15.6. The first-order chi connectivity index (χ1) is 7.99. The van der Waals surface area contributed by atoms with Gasteiger partial charge in [0, 0.05) is 19.1 Å². The molecule has 5 nitrogen and oxygen atoms in total. The summed E-state index contributed by atoms with van der Waals surface area (Å²) >= 11 is 0. The molecule has 17 heavy (non-hydrogen) atoms. The monoisotopic (exact) mass is 243 g/mol. The topological polar surface area (TPSA) is 66.8 Å². The van der Waals surface area contributed by atoms with Crippen molar-refractivity contribution in [3.63, 3.8) is 0 Å². The number of carboxylic acids is 1. The molecule has 0 aromatic carbocycles. The molecule has 0 rings (SSSR count). The van der Waals surface area contributed by atoms with Crippen LogP contribution in [0.3, 0.4) is 0 Å². The molecule has 0 aromatic rings. The Kier molecular flexibility index (Phi) is 8.05. The molecule has 0 saturated heterocycles. The van der Waals surface area contributed by atoms with Gasteiger partial charge < -0.3 is 14.7 Å². The Morgan fingerprint density at radius 1 is 1.47 bits per heavy atom. The fourth-order valence-electron chi connectivity index (χ4n) is 1.34. The first-order valence-corrected chi connectivity index (χ1v) is 5.69. The van der Waals surface area contributed by atoms with E-state index < -0.39 is 5.97 Å². The number of aliphatic carboxylic acids is 1. The van der Waals surface area contributed by atoms with Crippen LogP contribution in [-0.2, 0) is 14.3 Å². The summed E-state index contributed by atoms with van der Waals surface area (Å²) in [6, 6.07) is -0.104. The Morgan fingerprint density at radius 3 is 2.59 bits per heavy atom. The van der Waals surface area contributed by atoms with Gasteiger partial charge in [0.15, 0.2) is 0 Å². The van der Waals surface area contributed by atoms with Gasteiger partial charge in [-0.15, -0.1) is 6.58 Å². The molecule has 0 atom stereocenters. The number of amides is 1. The Morgan fingerprint density at radius 2 is 2.12 bits per heavy atom. The molecule has 0 saturated carbocycles. The second-order valence-electron chi connectivity index (χ2n) is 3.98. The summed E-state index contributed by atoms with van der Waals surface area (Å²) in [6.07, 6.45) is 2.55. The molecule has 1 amide bonds. The second-order valence-corrected chi connectivity index (χ2v) is 3.98. The summed E-state index contributed by atoms with van der Waals surface area (Å²) < 4.78 is 5.15. The summed E-state index contributed by atoms with van der Waals surface area (Å²) in [6.45, 7) is 7.82. The minimum Gasteiger partial charge on any atom is -0.480 e. The van der Waals surface area contributed by atoms with E-state index in [9.17, 15) is 9.59 Å². The quantitative estimate of drug-likeness (QED) is 0.489. The first-order valence-electron chi connectivity index (χ1n) is 5.69. The van der Waals surface area contributed by atoms with E-state index >= 15 is 0 Å². The molecular formula is C12H21NO4. The van der Waals surface area contributed by atoms with Crippen molar-refractivity contribution in [1.82, 2.24) is 4.90 Å². The molecule has 1 N–H and O–H groups in total. The average Bonchev–Trinajstić information content (AvgIpc) is 2.24. The number of rotatable bonds is 9. The van der Waals surface area contributed by atoms with E-state index in [1.807, 2.05) is 0 Å². The van der Waals surface area contributed by atoms with Crippen LogP contribution in [0.25, 0.3) is 0 Å². The Hall–Kier alpha value is -1.36. The van der Waals surface area contributed by atoms with Crippen molar-refractivity contribution in [2.45, 2.75) is 32.7 Å². The van der Waals surface area contributed by atoms with Crippen molar-refractivity contribution in [3.8, 4) is 0 Å². The van der Waals surface area contributed by atoms with Crippen LogP contribution < -0.4 is 0 Å². The van der Waals surface area contributed by atoms with E-state index in [1.54, 1.807) is 19.9 Å². The van der Waals surface area contributed by atoms with Crippen molar-refractivity contribution in [2.24, 2.45) is 0 Å². The van der Waals surface area contributed by atoms with Gasteiger partial charge in [-0.2, -0.15) is 0 Å². The summed E-state index contributed by atoms with van der Waals surface area (Å²) in [5.74, 6) is -1.14. The van der Waals surface area contributed by atoms with E-state index in [-0.39, 0.29) is 18.5 Å². The van der Waals surface area contributed by atoms with E-state index in [0.717, 1.165) is 0 Å². The zero-order valence-corrected chi connectivity index (χ0v) is 10.5. The van der Waals surface area contributed by atoms with Gasteiger partial charge in [0.25, 0.3) is 0 Å².